The van der Waals surface area contributed by atoms with Crippen molar-refractivity contribution >= 4 is 41.0 Å². The van der Waals surface area contributed by atoms with E-state index in [0.29, 0.717) is 23.6 Å². The molecule has 3 amide bonds. The van der Waals surface area contributed by atoms with Crippen LogP contribution in [0.2, 0.25) is 5.02 Å². The molecule has 1 aromatic carbocycles. The number of carbonyl (C=O) groups excluding carboxylic acids is 4. The van der Waals surface area contributed by atoms with Gasteiger partial charge in [-0.1, -0.05) is 30.5 Å². The van der Waals surface area contributed by atoms with Crippen molar-refractivity contribution in [2.75, 3.05) is 18.5 Å². The lowest BCUT2D eigenvalue weighted by atomic mass is 9.81. The Hall–Kier alpha value is -2.41. The van der Waals surface area contributed by atoms with Gasteiger partial charge >= 0.3 is 5.97 Å². The number of rotatable bonds is 5. The predicted octanol–water partition coefficient (Wildman–Crippen LogP) is 2.61. The second-order valence-corrected chi connectivity index (χ2v) is 7.81. The van der Waals surface area contributed by atoms with Crippen molar-refractivity contribution in [3.8, 4) is 0 Å². The SMILES string of the molecule is Cc1cc(C)c(NC(=O)COC(=O)CN2C(=O)[C@@H]3CCCC[C@H]3C2=O)c(Cl)c1. The Kier molecular flexibility index (Phi) is 6.03. The molecule has 1 N–H and O–H groups in total. The van der Waals surface area contributed by atoms with Crippen LogP contribution in [0.5, 0.6) is 0 Å². The third-order valence-corrected chi connectivity index (χ3v) is 5.58. The fraction of sp³-hybridized carbons (Fsp3) is 0.500. The first kappa shape index (κ1) is 20.3. The first-order valence-electron chi connectivity index (χ1n) is 9.35. The largest absolute Gasteiger partial charge is 0.454 e. The molecule has 2 atom stereocenters. The summed E-state index contributed by atoms with van der Waals surface area (Å²) in [4.78, 5) is 49.9. The first-order valence-corrected chi connectivity index (χ1v) is 9.73. The average molecular weight is 407 g/mol. The van der Waals surface area contributed by atoms with E-state index in [2.05, 4.69) is 5.32 Å². The molecule has 0 bridgehead atoms. The van der Waals surface area contributed by atoms with Crippen molar-refractivity contribution < 1.29 is 23.9 Å². The standard InChI is InChI=1S/C20H23ClN2O5/c1-11-7-12(2)18(15(21)8-11)22-16(24)10-28-17(25)9-23-19(26)13-5-3-4-6-14(13)20(23)27/h7-8,13-14H,3-6,9-10H2,1-2H3,(H,22,24)/t13-,14-/m1/s1. The molecule has 7 nitrogen and oxygen atoms in total. The predicted molar refractivity (Wildman–Crippen MR) is 103 cm³/mol. The summed E-state index contributed by atoms with van der Waals surface area (Å²) in [6.07, 6.45) is 3.19. The van der Waals surface area contributed by atoms with Crippen LogP contribution in [0.15, 0.2) is 12.1 Å². The lowest BCUT2D eigenvalue weighted by molar-refractivity contribution is -0.154. The van der Waals surface area contributed by atoms with E-state index in [1.165, 1.54) is 0 Å². The number of aryl methyl sites for hydroxylation is 2. The van der Waals surface area contributed by atoms with Gasteiger partial charge in [0.25, 0.3) is 5.91 Å². The molecule has 0 unspecified atom stereocenters. The molecule has 1 aromatic rings. The fourth-order valence-corrected chi connectivity index (χ4v) is 4.33. The number of hydrogen-bond donors (Lipinski definition) is 1. The number of nitrogens with one attached hydrogen (secondary N) is 1. The number of carbonyl (C=O) groups is 4. The Labute approximate surface area is 168 Å². The van der Waals surface area contributed by atoms with Crippen molar-refractivity contribution in [1.82, 2.24) is 4.90 Å². The number of amides is 3. The summed E-state index contributed by atoms with van der Waals surface area (Å²) < 4.78 is 4.95. The lowest BCUT2D eigenvalue weighted by Crippen LogP contribution is -2.37. The van der Waals surface area contributed by atoms with Gasteiger partial charge < -0.3 is 10.1 Å². The van der Waals surface area contributed by atoms with Crippen molar-refractivity contribution in [2.24, 2.45) is 11.8 Å². The van der Waals surface area contributed by atoms with Crippen LogP contribution in [-0.4, -0.2) is 41.7 Å². The van der Waals surface area contributed by atoms with E-state index in [9.17, 15) is 19.2 Å². The van der Waals surface area contributed by atoms with Crippen molar-refractivity contribution in [1.29, 1.82) is 0 Å². The van der Waals surface area contributed by atoms with Gasteiger partial charge in [-0.2, -0.15) is 0 Å². The number of fused-ring (bicyclic) bond motifs is 1. The van der Waals surface area contributed by atoms with Crippen LogP contribution in [0.4, 0.5) is 5.69 Å². The third kappa shape index (κ3) is 4.19. The van der Waals surface area contributed by atoms with Crippen LogP contribution >= 0.6 is 11.6 Å². The molecule has 2 aliphatic rings. The Morgan fingerprint density at radius 2 is 1.75 bits per heavy atom. The molecule has 0 radical (unpaired) electrons. The van der Waals surface area contributed by atoms with Crippen molar-refractivity contribution in [3.05, 3.63) is 28.3 Å². The number of anilines is 1. The third-order valence-electron chi connectivity index (χ3n) is 5.28. The number of likely N-dealkylation sites (tertiary alicyclic amines) is 1. The summed E-state index contributed by atoms with van der Waals surface area (Å²) in [5, 5.41) is 3.01. The molecule has 150 valence electrons. The summed E-state index contributed by atoms with van der Waals surface area (Å²) in [6.45, 7) is 2.72. The van der Waals surface area contributed by atoms with Gasteiger partial charge in [0.15, 0.2) is 6.61 Å². The topological polar surface area (TPSA) is 92.8 Å². The minimum Gasteiger partial charge on any atom is -0.454 e. The van der Waals surface area contributed by atoms with Gasteiger partial charge in [0.05, 0.1) is 22.5 Å². The minimum atomic E-state index is -0.790. The van der Waals surface area contributed by atoms with E-state index in [0.717, 1.165) is 28.9 Å². The van der Waals surface area contributed by atoms with E-state index in [1.54, 1.807) is 6.07 Å². The summed E-state index contributed by atoms with van der Waals surface area (Å²) in [7, 11) is 0. The Morgan fingerprint density at radius 1 is 1.14 bits per heavy atom. The molecule has 1 aliphatic heterocycles. The quantitative estimate of drug-likeness (QED) is 0.599. The van der Waals surface area contributed by atoms with Crippen molar-refractivity contribution in [2.45, 2.75) is 39.5 Å². The van der Waals surface area contributed by atoms with Gasteiger partial charge in [-0.05, 0) is 43.9 Å². The van der Waals surface area contributed by atoms with Crippen molar-refractivity contribution in [3.63, 3.8) is 0 Å². The maximum Gasteiger partial charge on any atom is 0.326 e. The number of imide groups is 1. The summed E-state index contributed by atoms with van der Waals surface area (Å²) in [5.41, 5.74) is 2.22. The summed E-state index contributed by atoms with van der Waals surface area (Å²) >= 11 is 6.14. The molecule has 28 heavy (non-hydrogen) atoms. The van der Waals surface area contributed by atoms with Gasteiger partial charge in [0.1, 0.15) is 6.54 Å². The molecule has 8 heteroatoms. The molecule has 1 saturated heterocycles. The summed E-state index contributed by atoms with van der Waals surface area (Å²) in [6, 6.07) is 3.59. The van der Waals surface area contributed by atoms with Gasteiger partial charge in [0, 0.05) is 0 Å². The highest BCUT2D eigenvalue weighted by molar-refractivity contribution is 6.34. The number of benzene rings is 1. The number of esters is 1. The van der Waals surface area contributed by atoms with Gasteiger partial charge in [-0.3, -0.25) is 24.1 Å². The van der Waals surface area contributed by atoms with Gasteiger partial charge in [-0.15, -0.1) is 0 Å². The van der Waals surface area contributed by atoms with Crippen LogP contribution in [0.1, 0.15) is 36.8 Å². The monoisotopic (exact) mass is 406 g/mol. The van der Waals surface area contributed by atoms with Crippen LogP contribution in [0, 0.1) is 25.7 Å². The molecule has 1 saturated carbocycles. The molecule has 0 spiro atoms. The zero-order valence-electron chi connectivity index (χ0n) is 15.9. The van der Waals surface area contributed by atoms with E-state index < -0.39 is 25.0 Å². The first-order chi connectivity index (χ1) is 13.3. The maximum absolute atomic E-state index is 12.4. The average Bonchev–Trinajstić information content (AvgIpc) is 2.88. The number of nitrogens with zero attached hydrogens (tertiary/aromatic N) is 1. The zero-order chi connectivity index (χ0) is 20.4. The smallest absolute Gasteiger partial charge is 0.326 e. The molecule has 2 fully saturated rings. The number of ether oxygens (including phenoxy) is 1. The zero-order valence-corrected chi connectivity index (χ0v) is 16.7. The molecule has 3 rings (SSSR count). The highest BCUT2D eigenvalue weighted by Crippen LogP contribution is 2.37. The van der Waals surface area contributed by atoms with Gasteiger partial charge in [0.2, 0.25) is 11.8 Å². The molecule has 1 heterocycles. The van der Waals surface area contributed by atoms with E-state index in [-0.39, 0.29) is 23.7 Å². The normalized spacial score (nSPS) is 21.5. The lowest BCUT2D eigenvalue weighted by Gasteiger charge is -2.19. The molecule has 0 aromatic heterocycles. The minimum absolute atomic E-state index is 0.307. The fourth-order valence-electron chi connectivity index (χ4n) is 3.96. The second kappa shape index (κ2) is 8.31. The molecular weight excluding hydrogens is 384 g/mol. The van der Waals surface area contributed by atoms with Crippen LogP contribution in [0.25, 0.3) is 0 Å². The molecular formula is C20H23ClN2O5. The van der Waals surface area contributed by atoms with Crippen LogP contribution < -0.4 is 5.32 Å². The highest BCUT2D eigenvalue weighted by Gasteiger charge is 2.48. The van der Waals surface area contributed by atoms with E-state index in [1.807, 2.05) is 19.9 Å². The van der Waals surface area contributed by atoms with E-state index >= 15 is 0 Å². The van der Waals surface area contributed by atoms with Crippen LogP contribution in [0.3, 0.4) is 0 Å². The summed E-state index contributed by atoms with van der Waals surface area (Å²) in [5.74, 6) is -2.58. The molecule has 1 aliphatic carbocycles. The number of halogens is 1. The number of hydrogen-bond acceptors (Lipinski definition) is 5. The second-order valence-electron chi connectivity index (χ2n) is 7.41. The van der Waals surface area contributed by atoms with E-state index in [4.69, 9.17) is 16.3 Å². The Balaban J connectivity index is 1.52. The Bertz CT molecular complexity index is 791. The Morgan fingerprint density at radius 3 is 2.32 bits per heavy atom. The van der Waals surface area contributed by atoms with Crippen LogP contribution in [-0.2, 0) is 23.9 Å². The highest BCUT2D eigenvalue weighted by atomic mass is 35.5. The van der Waals surface area contributed by atoms with Gasteiger partial charge in [-0.25, -0.2) is 0 Å². The maximum atomic E-state index is 12.4.